The number of fused-ring (bicyclic) bond motifs is 1. The van der Waals surface area contributed by atoms with Gasteiger partial charge >= 0.3 is 6.03 Å². The van der Waals surface area contributed by atoms with Crippen molar-refractivity contribution in [2.45, 2.75) is 6.54 Å². The van der Waals surface area contributed by atoms with Crippen molar-refractivity contribution in [3.63, 3.8) is 0 Å². The first kappa shape index (κ1) is 9.26. The van der Waals surface area contributed by atoms with Crippen LogP contribution in [0, 0.1) is 0 Å². The van der Waals surface area contributed by atoms with Gasteiger partial charge in [-0.25, -0.2) is 14.8 Å². The number of amides is 2. The molecule has 2 rings (SSSR count). The van der Waals surface area contributed by atoms with Gasteiger partial charge in [-0.15, -0.1) is 0 Å². The van der Waals surface area contributed by atoms with Gasteiger partial charge in [0.05, 0.1) is 6.54 Å². The summed E-state index contributed by atoms with van der Waals surface area (Å²) in [5.41, 5.74) is 0.976. The van der Waals surface area contributed by atoms with E-state index in [4.69, 9.17) is 0 Å². The molecule has 0 bridgehead atoms. The van der Waals surface area contributed by atoms with Crippen LogP contribution < -0.4 is 4.90 Å². The Bertz CT molecular complexity index is 370. The zero-order valence-electron chi connectivity index (χ0n) is 7.97. The van der Waals surface area contributed by atoms with E-state index in [0.717, 1.165) is 5.56 Å². The van der Waals surface area contributed by atoms with Crippen LogP contribution in [0.2, 0.25) is 0 Å². The molecule has 0 aliphatic carbocycles. The number of hydrogen-bond donors (Lipinski definition) is 0. The fourth-order valence-corrected chi connectivity index (χ4v) is 1.94. The van der Waals surface area contributed by atoms with E-state index in [1.54, 1.807) is 17.5 Å². The Balaban J connectivity index is 2.42. The molecule has 1 aliphatic rings. The number of aromatic nitrogens is 2. The van der Waals surface area contributed by atoms with Gasteiger partial charge in [0.1, 0.15) is 12.1 Å². The van der Waals surface area contributed by atoms with E-state index in [0.29, 0.717) is 12.4 Å². The molecule has 0 aromatic carbocycles. The second-order valence-electron chi connectivity index (χ2n) is 2.93. The average molecular weight is 210 g/mol. The fourth-order valence-electron chi connectivity index (χ4n) is 1.39. The molecule has 0 N–H and O–H groups in total. The molecule has 0 saturated heterocycles. The number of carbonyl (C=O) groups is 1. The average Bonchev–Trinajstić information content (AvgIpc) is 2.23. The number of nitrogens with zero attached hydrogens (tertiary/aromatic N) is 4. The van der Waals surface area contributed by atoms with Gasteiger partial charge in [-0.1, -0.05) is 0 Å². The molecule has 1 aromatic rings. The van der Waals surface area contributed by atoms with Gasteiger partial charge in [0.15, 0.2) is 0 Å². The molecule has 2 amide bonds. The first-order valence-electron chi connectivity index (χ1n) is 4.12. The Morgan fingerprint density at radius 3 is 3.07 bits per heavy atom. The molecule has 0 atom stereocenters. The van der Waals surface area contributed by atoms with Crippen LogP contribution in [-0.4, -0.2) is 33.6 Å². The molecular weight excluding hydrogens is 200 g/mol. The fraction of sp³-hybridized carbons (Fsp3) is 0.375. The summed E-state index contributed by atoms with van der Waals surface area (Å²) in [6.45, 7) is 0.570. The molecule has 0 spiro atoms. The van der Waals surface area contributed by atoms with Gasteiger partial charge in [0, 0.05) is 25.1 Å². The maximum atomic E-state index is 11.7. The summed E-state index contributed by atoms with van der Waals surface area (Å²) >= 11 is 1.41. The van der Waals surface area contributed by atoms with Crippen LogP contribution in [0.5, 0.6) is 0 Å². The van der Waals surface area contributed by atoms with Gasteiger partial charge in [0.2, 0.25) is 0 Å². The Hall–Kier alpha value is -1.30. The molecule has 1 aromatic heterocycles. The summed E-state index contributed by atoms with van der Waals surface area (Å²) in [4.78, 5) is 21.2. The predicted octanol–water partition coefficient (Wildman–Crippen LogP) is 1.13. The first-order chi connectivity index (χ1) is 6.74. The summed E-state index contributed by atoms with van der Waals surface area (Å²) in [7, 11) is 1.72. The molecule has 6 heteroatoms. The second kappa shape index (κ2) is 3.45. The van der Waals surface area contributed by atoms with Crippen LogP contribution in [0.15, 0.2) is 12.5 Å². The summed E-state index contributed by atoms with van der Waals surface area (Å²) in [5, 5.41) is 0. The van der Waals surface area contributed by atoms with E-state index < -0.39 is 0 Å². The van der Waals surface area contributed by atoms with Gasteiger partial charge in [-0.3, -0.25) is 9.21 Å². The minimum absolute atomic E-state index is 0.0382. The Labute approximate surface area is 86.3 Å². The lowest BCUT2D eigenvalue weighted by Gasteiger charge is -2.31. The topological polar surface area (TPSA) is 49.3 Å². The van der Waals surface area contributed by atoms with Crippen molar-refractivity contribution in [3.8, 4) is 0 Å². The highest BCUT2D eigenvalue weighted by Gasteiger charge is 2.28. The normalized spacial score (nSPS) is 15.7. The Morgan fingerprint density at radius 1 is 1.57 bits per heavy atom. The third-order valence-electron chi connectivity index (χ3n) is 2.12. The summed E-state index contributed by atoms with van der Waals surface area (Å²) < 4.78 is 1.67. The molecule has 0 fully saturated rings. The highest BCUT2D eigenvalue weighted by molar-refractivity contribution is 7.96. The van der Waals surface area contributed by atoms with E-state index in [-0.39, 0.29) is 6.03 Å². The monoisotopic (exact) mass is 210 g/mol. The van der Waals surface area contributed by atoms with Crippen molar-refractivity contribution in [2.24, 2.45) is 0 Å². The van der Waals surface area contributed by atoms with Crippen LogP contribution >= 0.6 is 11.9 Å². The number of anilines is 1. The maximum absolute atomic E-state index is 11.7. The number of rotatable bonds is 1. The quantitative estimate of drug-likeness (QED) is 0.652. The molecule has 0 saturated carbocycles. The first-order valence-corrected chi connectivity index (χ1v) is 5.30. The SMILES string of the molecule is CSN1Cc2cncnc2N(C)C1=O. The number of urea groups is 1. The second-order valence-corrected chi connectivity index (χ2v) is 3.74. The highest BCUT2D eigenvalue weighted by Crippen LogP contribution is 2.27. The Kier molecular flexibility index (Phi) is 2.28. The van der Waals surface area contributed by atoms with Crippen molar-refractivity contribution < 1.29 is 4.79 Å². The minimum Gasteiger partial charge on any atom is -0.280 e. The van der Waals surface area contributed by atoms with Gasteiger partial charge in [0.25, 0.3) is 0 Å². The van der Waals surface area contributed by atoms with Gasteiger partial charge < -0.3 is 0 Å². The van der Waals surface area contributed by atoms with Crippen molar-refractivity contribution in [2.75, 3.05) is 18.2 Å². The van der Waals surface area contributed by atoms with Crippen molar-refractivity contribution in [1.29, 1.82) is 0 Å². The third-order valence-corrected chi connectivity index (χ3v) is 2.84. The summed E-state index contributed by atoms with van der Waals surface area (Å²) in [5.74, 6) is 0.704. The lowest BCUT2D eigenvalue weighted by atomic mass is 10.2. The van der Waals surface area contributed by atoms with Crippen LogP contribution in [0.3, 0.4) is 0 Å². The lowest BCUT2D eigenvalue weighted by molar-refractivity contribution is 0.230. The standard InChI is InChI=1S/C8H10N4OS/c1-11-7-6(3-9-5-10-7)4-12(14-2)8(11)13/h3,5H,4H2,1-2H3. The molecule has 74 valence electrons. The minimum atomic E-state index is -0.0382. The summed E-state index contributed by atoms with van der Waals surface area (Å²) in [6.07, 6.45) is 5.08. The van der Waals surface area contributed by atoms with Gasteiger partial charge in [-0.2, -0.15) is 0 Å². The number of hydrogen-bond acceptors (Lipinski definition) is 4. The van der Waals surface area contributed by atoms with Gasteiger partial charge in [-0.05, 0) is 11.9 Å². The largest absolute Gasteiger partial charge is 0.335 e. The summed E-state index contributed by atoms with van der Waals surface area (Å²) in [6, 6.07) is -0.0382. The van der Waals surface area contributed by atoms with E-state index in [9.17, 15) is 4.79 Å². The molecule has 1 aliphatic heterocycles. The number of carbonyl (C=O) groups excluding carboxylic acids is 1. The molecular formula is C8H10N4OS. The van der Waals surface area contributed by atoms with Crippen LogP contribution in [0.25, 0.3) is 0 Å². The van der Waals surface area contributed by atoms with E-state index in [1.165, 1.54) is 23.2 Å². The lowest BCUT2D eigenvalue weighted by Crippen LogP contribution is -2.42. The van der Waals surface area contributed by atoms with E-state index >= 15 is 0 Å². The van der Waals surface area contributed by atoms with Crippen molar-refractivity contribution in [1.82, 2.24) is 14.3 Å². The molecule has 0 radical (unpaired) electrons. The zero-order valence-corrected chi connectivity index (χ0v) is 8.78. The van der Waals surface area contributed by atoms with Crippen molar-refractivity contribution >= 4 is 23.8 Å². The Morgan fingerprint density at radius 2 is 2.36 bits per heavy atom. The van der Waals surface area contributed by atoms with E-state index in [1.807, 2.05) is 6.26 Å². The molecule has 14 heavy (non-hydrogen) atoms. The van der Waals surface area contributed by atoms with Crippen molar-refractivity contribution in [3.05, 3.63) is 18.1 Å². The smallest absolute Gasteiger partial charge is 0.280 e. The molecule has 0 unspecified atom stereocenters. The predicted molar refractivity (Wildman–Crippen MR) is 54.9 cm³/mol. The highest BCUT2D eigenvalue weighted by atomic mass is 32.2. The zero-order chi connectivity index (χ0) is 10.1. The maximum Gasteiger partial charge on any atom is 0.335 e. The molecule has 2 heterocycles. The van der Waals surface area contributed by atoms with Crippen LogP contribution in [0.4, 0.5) is 10.6 Å². The van der Waals surface area contributed by atoms with Crippen LogP contribution in [0.1, 0.15) is 5.56 Å². The van der Waals surface area contributed by atoms with Crippen LogP contribution in [-0.2, 0) is 6.54 Å². The van der Waals surface area contributed by atoms with E-state index in [2.05, 4.69) is 9.97 Å². The molecule has 5 nitrogen and oxygen atoms in total. The third kappa shape index (κ3) is 1.31.